The highest BCUT2D eigenvalue weighted by Gasteiger charge is 2.35. The molecule has 1 rings (SSSR count). The second kappa shape index (κ2) is 3.58. The first kappa shape index (κ1) is 11.0. The molecule has 0 N–H and O–H groups in total. The average Bonchev–Trinajstić information content (AvgIpc) is 2.04. The van der Waals surface area contributed by atoms with Gasteiger partial charge in [0.25, 0.3) is 0 Å². The van der Waals surface area contributed by atoms with Gasteiger partial charge in [0.2, 0.25) is 10.0 Å². The first-order valence-electron chi connectivity index (χ1n) is 4.85. The molecule has 3 nitrogen and oxygen atoms in total. The monoisotopic (exact) mass is 205 g/mol. The van der Waals surface area contributed by atoms with Gasteiger partial charge in [-0.25, -0.2) is 12.7 Å². The Hall–Kier alpha value is -0.0900. The van der Waals surface area contributed by atoms with Crippen molar-refractivity contribution in [3.63, 3.8) is 0 Å². The van der Waals surface area contributed by atoms with Gasteiger partial charge in [0.05, 0.1) is 4.75 Å². The van der Waals surface area contributed by atoms with E-state index >= 15 is 0 Å². The molecule has 1 fully saturated rings. The van der Waals surface area contributed by atoms with Gasteiger partial charge >= 0.3 is 0 Å². The number of rotatable bonds is 1. The number of nitrogens with zero attached hydrogens (tertiary/aromatic N) is 1. The maximum absolute atomic E-state index is 11.9. The van der Waals surface area contributed by atoms with Gasteiger partial charge in [-0.1, -0.05) is 6.42 Å². The molecular weight excluding hydrogens is 186 g/mol. The Labute approximate surface area is 81.2 Å². The third-order valence-electron chi connectivity index (χ3n) is 2.43. The minimum absolute atomic E-state index is 0.648. The maximum atomic E-state index is 11.9. The first-order valence-corrected chi connectivity index (χ1v) is 6.29. The number of hydrogen-bond acceptors (Lipinski definition) is 2. The number of piperidine rings is 1. The van der Waals surface area contributed by atoms with Crippen molar-refractivity contribution in [2.24, 2.45) is 0 Å². The molecule has 0 saturated carbocycles. The Kier molecular flexibility index (Phi) is 3.02. The number of sulfonamides is 1. The largest absolute Gasteiger partial charge is 0.219 e. The summed E-state index contributed by atoms with van der Waals surface area (Å²) in [4.78, 5) is 0. The third kappa shape index (κ3) is 2.23. The summed E-state index contributed by atoms with van der Waals surface area (Å²) in [6.07, 6.45) is 3.18. The van der Waals surface area contributed by atoms with Crippen LogP contribution in [0.3, 0.4) is 0 Å². The summed E-state index contributed by atoms with van der Waals surface area (Å²) in [6.45, 7) is 6.70. The topological polar surface area (TPSA) is 37.4 Å². The van der Waals surface area contributed by atoms with E-state index in [1.54, 1.807) is 25.1 Å². The van der Waals surface area contributed by atoms with Crippen molar-refractivity contribution in [1.29, 1.82) is 0 Å². The molecule has 0 aromatic carbocycles. The van der Waals surface area contributed by atoms with E-state index < -0.39 is 14.8 Å². The van der Waals surface area contributed by atoms with Crippen molar-refractivity contribution >= 4 is 10.0 Å². The molecule has 0 atom stereocenters. The molecule has 1 saturated heterocycles. The van der Waals surface area contributed by atoms with E-state index in [9.17, 15) is 8.42 Å². The molecule has 0 radical (unpaired) electrons. The highest BCUT2D eigenvalue weighted by atomic mass is 32.2. The van der Waals surface area contributed by atoms with Crippen LogP contribution in [0.25, 0.3) is 0 Å². The molecule has 0 spiro atoms. The smallest absolute Gasteiger partial charge is 0.212 e. The fraction of sp³-hybridized carbons (Fsp3) is 1.00. The van der Waals surface area contributed by atoms with Crippen LogP contribution in [-0.4, -0.2) is 30.6 Å². The van der Waals surface area contributed by atoms with E-state index in [0.717, 1.165) is 19.3 Å². The van der Waals surface area contributed by atoms with E-state index in [1.807, 2.05) is 0 Å². The van der Waals surface area contributed by atoms with Crippen molar-refractivity contribution < 1.29 is 8.42 Å². The van der Waals surface area contributed by atoms with Crippen molar-refractivity contribution in [2.45, 2.75) is 44.8 Å². The summed E-state index contributed by atoms with van der Waals surface area (Å²) in [5.41, 5.74) is 0. The molecule has 0 amide bonds. The van der Waals surface area contributed by atoms with Crippen molar-refractivity contribution in [3.8, 4) is 0 Å². The second-order valence-corrected chi connectivity index (χ2v) is 7.27. The first-order chi connectivity index (χ1) is 5.86. The normalized spacial score (nSPS) is 21.8. The highest BCUT2D eigenvalue weighted by molar-refractivity contribution is 7.90. The molecule has 1 aliphatic rings. The molecule has 78 valence electrons. The van der Waals surface area contributed by atoms with Gasteiger partial charge in [-0.15, -0.1) is 0 Å². The molecule has 0 aromatic rings. The van der Waals surface area contributed by atoms with E-state index in [-0.39, 0.29) is 0 Å². The molecule has 0 aliphatic carbocycles. The van der Waals surface area contributed by atoms with Gasteiger partial charge < -0.3 is 0 Å². The van der Waals surface area contributed by atoms with Gasteiger partial charge in [0.15, 0.2) is 0 Å². The van der Waals surface area contributed by atoms with Crippen LogP contribution >= 0.6 is 0 Å². The van der Waals surface area contributed by atoms with E-state index in [4.69, 9.17) is 0 Å². The quantitative estimate of drug-likeness (QED) is 0.652. The lowest BCUT2D eigenvalue weighted by Crippen LogP contribution is -2.45. The lowest BCUT2D eigenvalue weighted by atomic mass is 10.2. The number of hydrogen-bond donors (Lipinski definition) is 0. The van der Waals surface area contributed by atoms with E-state index in [1.165, 1.54) is 0 Å². The van der Waals surface area contributed by atoms with Crippen LogP contribution in [0.1, 0.15) is 40.0 Å². The average molecular weight is 205 g/mol. The van der Waals surface area contributed by atoms with Crippen molar-refractivity contribution in [2.75, 3.05) is 13.1 Å². The second-order valence-electron chi connectivity index (χ2n) is 4.58. The van der Waals surface area contributed by atoms with E-state index in [2.05, 4.69) is 0 Å². The molecule has 1 aliphatic heterocycles. The summed E-state index contributed by atoms with van der Waals surface area (Å²) < 4.78 is 24.9. The predicted molar refractivity (Wildman–Crippen MR) is 54.1 cm³/mol. The summed E-state index contributed by atoms with van der Waals surface area (Å²) in [7, 11) is -3.07. The Balaban J connectivity index is 2.80. The molecule has 4 heteroatoms. The molecular formula is C9H19NO2S. The zero-order chi connectivity index (χ0) is 10.1. The van der Waals surface area contributed by atoms with Crippen LogP contribution in [0, 0.1) is 0 Å². The zero-order valence-corrected chi connectivity index (χ0v) is 9.52. The Morgan fingerprint density at radius 1 is 1.00 bits per heavy atom. The minimum atomic E-state index is -3.07. The Morgan fingerprint density at radius 3 is 1.85 bits per heavy atom. The van der Waals surface area contributed by atoms with Gasteiger partial charge in [-0.3, -0.25) is 0 Å². The molecule has 0 aromatic heterocycles. The fourth-order valence-electron chi connectivity index (χ4n) is 1.49. The predicted octanol–water partition coefficient (Wildman–Crippen LogP) is 1.60. The SMILES string of the molecule is CC(C)(C)S(=O)(=O)N1CCCCC1. The van der Waals surface area contributed by atoms with Crippen LogP contribution in [0.15, 0.2) is 0 Å². The summed E-state index contributed by atoms with van der Waals surface area (Å²) >= 11 is 0. The van der Waals surface area contributed by atoms with Crippen molar-refractivity contribution in [3.05, 3.63) is 0 Å². The summed E-state index contributed by atoms with van der Waals surface area (Å²) in [5.74, 6) is 0. The van der Waals surface area contributed by atoms with Gasteiger partial charge in [-0.2, -0.15) is 0 Å². The highest BCUT2D eigenvalue weighted by Crippen LogP contribution is 2.23. The summed E-state index contributed by atoms with van der Waals surface area (Å²) in [5, 5.41) is 0. The Bertz CT molecular complexity index is 258. The van der Waals surface area contributed by atoms with Gasteiger partial charge in [0.1, 0.15) is 0 Å². The van der Waals surface area contributed by atoms with E-state index in [0.29, 0.717) is 13.1 Å². The van der Waals surface area contributed by atoms with Gasteiger partial charge in [-0.05, 0) is 33.6 Å². The molecule has 0 bridgehead atoms. The lowest BCUT2D eigenvalue weighted by Gasteiger charge is -2.32. The van der Waals surface area contributed by atoms with Crippen LogP contribution in [0.5, 0.6) is 0 Å². The fourth-order valence-corrected chi connectivity index (χ4v) is 3.01. The third-order valence-corrected chi connectivity index (χ3v) is 5.02. The van der Waals surface area contributed by atoms with Crippen LogP contribution < -0.4 is 0 Å². The molecule has 13 heavy (non-hydrogen) atoms. The van der Waals surface area contributed by atoms with Gasteiger partial charge in [0, 0.05) is 13.1 Å². The standard InChI is InChI=1S/C9H19NO2S/c1-9(2,3)13(11,12)10-7-5-4-6-8-10/h4-8H2,1-3H3. The molecule has 1 heterocycles. The molecule has 0 unspecified atom stereocenters. The van der Waals surface area contributed by atoms with Crippen LogP contribution in [0.2, 0.25) is 0 Å². The Morgan fingerprint density at radius 2 is 1.46 bits per heavy atom. The zero-order valence-electron chi connectivity index (χ0n) is 8.71. The lowest BCUT2D eigenvalue weighted by molar-refractivity contribution is 0.337. The van der Waals surface area contributed by atoms with Crippen LogP contribution in [0.4, 0.5) is 0 Å². The summed E-state index contributed by atoms with van der Waals surface area (Å²) in [6, 6.07) is 0. The van der Waals surface area contributed by atoms with Crippen molar-refractivity contribution in [1.82, 2.24) is 4.31 Å². The van der Waals surface area contributed by atoms with Crippen LogP contribution in [-0.2, 0) is 10.0 Å². The minimum Gasteiger partial charge on any atom is -0.212 e. The maximum Gasteiger partial charge on any atom is 0.219 e.